The number of primary amides is 1. The number of carbonyl (C=O) groups excluding carboxylic acids is 1. The van der Waals surface area contributed by atoms with Crippen LogP contribution >= 0.6 is 0 Å². The zero-order valence-electron chi connectivity index (χ0n) is 11.2. The van der Waals surface area contributed by atoms with Crippen molar-refractivity contribution in [3.8, 4) is 0 Å². The fourth-order valence-corrected chi connectivity index (χ4v) is 1.98. The second kappa shape index (κ2) is 7.13. The van der Waals surface area contributed by atoms with Crippen molar-refractivity contribution in [3.05, 3.63) is 35.9 Å². The number of benzene rings is 1. The zero-order chi connectivity index (χ0) is 13.5. The molecule has 100 valence electrons. The van der Waals surface area contributed by atoms with Crippen LogP contribution in [0, 0.1) is 0 Å². The van der Waals surface area contributed by atoms with Crippen molar-refractivity contribution in [1.29, 1.82) is 0 Å². The first-order chi connectivity index (χ1) is 8.54. The van der Waals surface area contributed by atoms with E-state index >= 15 is 0 Å². The van der Waals surface area contributed by atoms with E-state index in [1.54, 1.807) is 0 Å². The quantitative estimate of drug-likeness (QED) is 0.755. The molecule has 0 saturated heterocycles. The number of hydrogen-bond acceptors (Lipinski definition) is 3. The molecule has 4 N–H and O–H groups in total. The minimum absolute atomic E-state index is 0.230. The van der Waals surface area contributed by atoms with Gasteiger partial charge in [-0.2, -0.15) is 0 Å². The summed E-state index contributed by atoms with van der Waals surface area (Å²) in [5.41, 5.74) is 12.3. The summed E-state index contributed by atoms with van der Waals surface area (Å²) in [6.45, 7) is 5.71. The molecule has 0 radical (unpaired) electrons. The Hall–Kier alpha value is -1.39. The molecule has 1 amide bonds. The molecule has 4 nitrogen and oxygen atoms in total. The van der Waals surface area contributed by atoms with Gasteiger partial charge < -0.3 is 11.5 Å². The highest BCUT2D eigenvalue weighted by Gasteiger charge is 2.18. The molecular weight excluding hydrogens is 226 g/mol. The largest absolute Gasteiger partial charge is 0.369 e. The van der Waals surface area contributed by atoms with E-state index in [9.17, 15) is 4.79 Å². The first-order valence-electron chi connectivity index (χ1n) is 6.32. The van der Waals surface area contributed by atoms with Crippen LogP contribution in [0.5, 0.6) is 0 Å². The van der Waals surface area contributed by atoms with Gasteiger partial charge in [-0.05, 0) is 19.4 Å². The number of rotatable bonds is 7. The van der Waals surface area contributed by atoms with Gasteiger partial charge in [0.15, 0.2) is 0 Å². The molecule has 0 aromatic heterocycles. The highest BCUT2D eigenvalue weighted by molar-refractivity contribution is 5.75. The van der Waals surface area contributed by atoms with E-state index in [2.05, 4.69) is 30.9 Å². The number of nitrogens with two attached hydrogens (primary N) is 2. The molecule has 18 heavy (non-hydrogen) atoms. The first kappa shape index (κ1) is 14.7. The third-order valence-electron chi connectivity index (χ3n) is 3.10. The van der Waals surface area contributed by atoms with Crippen LogP contribution in [0.4, 0.5) is 0 Å². The molecular formula is C14H23N3O. The van der Waals surface area contributed by atoms with Crippen molar-refractivity contribution in [1.82, 2.24) is 4.90 Å². The molecule has 1 rings (SSSR count). The van der Waals surface area contributed by atoms with Gasteiger partial charge in [0.2, 0.25) is 5.91 Å². The Labute approximate surface area is 109 Å². The van der Waals surface area contributed by atoms with Gasteiger partial charge in [0.25, 0.3) is 0 Å². The number of hydrogen-bond donors (Lipinski definition) is 2. The molecule has 0 bridgehead atoms. The lowest BCUT2D eigenvalue weighted by Crippen LogP contribution is -2.42. The Kier molecular flexibility index (Phi) is 5.82. The van der Waals surface area contributed by atoms with Gasteiger partial charge in [0.05, 0.1) is 6.54 Å². The fourth-order valence-electron chi connectivity index (χ4n) is 1.98. The van der Waals surface area contributed by atoms with E-state index in [0.717, 1.165) is 6.54 Å². The highest BCUT2D eigenvalue weighted by Crippen LogP contribution is 2.16. The second-order valence-corrected chi connectivity index (χ2v) is 4.83. The van der Waals surface area contributed by atoms with E-state index in [1.807, 2.05) is 18.2 Å². The fraction of sp³-hybridized carbons (Fsp3) is 0.500. The van der Waals surface area contributed by atoms with Crippen LogP contribution in [0.2, 0.25) is 0 Å². The number of nitrogens with zero attached hydrogens (tertiary/aromatic N) is 1. The normalized spacial score (nSPS) is 12.9. The topological polar surface area (TPSA) is 72.3 Å². The van der Waals surface area contributed by atoms with Gasteiger partial charge in [-0.3, -0.25) is 9.69 Å². The third kappa shape index (κ3) is 4.47. The van der Waals surface area contributed by atoms with Crippen molar-refractivity contribution >= 4 is 5.91 Å². The van der Waals surface area contributed by atoms with Gasteiger partial charge in [0, 0.05) is 25.0 Å². The summed E-state index contributed by atoms with van der Waals surface area (Å²) < 4.78 is 0. The average Bonchev–Trinajstić information content (AvgIpc) is 2.34. The number of carbonyl (C=O) groups is 1. The lowest BCUT2D eigenvalue weighted by Gasteiger charge is -2.29. The van der Waals surface area contributed by atoms with Gasteiger partial charge in [-0.1, -0.05) is 30.3 Å². The van der Waals surface area contributed by atoms with E-state index in [0.29, 0.717) is 6.54 Å². The van der Waals surface area contributed by atoms with Crippen molar-refractivity contribution < 1.29 is 4.79 Å². The molecule has 0 spiro atoms. The van der Waals surface area contributed by atoms with Crippen LogP contribution < -0.4 is 11.5 Å². The minimum atomic E-state index is -0.299. The molecule has 1 aromatic rings. The van der Waals surface area contributed by atoms with Crippen LogP contribution in [0.25, 0.3) is 0 Å². The van der Waals surface area contributed by atoms with Crippen LogP contribution in [0.3, 0.4) is 0 Å². The molecule has 0 aliphatic heterocycles. The molecule has 1 aromatic carbocycles. The summed E-state index contributed by atoms with van der Waals surface area (Å²) in [7, 11) is 0. The van der Waals surface area contributed by atoms with Gasteiger partial charge >= 0.3 is 0 Å². The minimum Gasteiger partial charge on any atom is -0.369 e. The SMILES string of the molecule is CC(C)N(CC(N)=O)CC(CN)c1ccccc1. The Morgan fingerprint density at radius 2 is 1.89 bits per heavy atom. The summed E-state index contributed by atoms with van der Waals surface area (Å²) in [6, 6.07) is 10.4. The molecule has 0 aliphatic rings. The standard InChI is InChI=1S/C14H23N3O/c1-11(2)17(10-14(16)18)9-13(8-15)12-6-4-3-5-7-12/h3-7,11,13H,8-10,15H2,1-2H3,(H2,16,18). The first-order valence-corrected chi connectivity index (χ1v) is 6.32. The van der Waals surface area contributed by atoms with Crippen molar-refractivity contribution in [2.24, 2.45) is 11.5 Å². The molecule has 0 heterocycles. The van der Waals surface area contributed by atoms with Crippen LogP contribution in [-0.2, 0) is 4.79 Å². The van der Waals surface area contributed by atoms with E-state index in [4.69, 9.17) is 11.5 Å². The highest BCUT2D eigenvalue weighted by atomic mass is 16.1. The lowest BCUT2D eigenvalue weighted by atomic mass is 9.98. The van der Waals surface area contributed by atoms with E-state index < -0.39 is 0 Å². The summed E-state index contributed by atoms with van der Waals surface area (Å²) in [5, 5.41) is 0. The van der Waals surface area contributed by atoms with Gasteiger partial charge in [-0.15, -0.1) is 0 Å². The Morgan fingerprint density at radius 1 is 1.28 bits per heavy atom. The monoisotopic (exact) mass is 249 g/mol. The third-order valence-corrected chi connectivity index (χ3v) is 3.10. The van der Waals surface area contributed by atoms with Crippen LogP contribution in [0.1, 0.15) is 25.3 Å². The maximum Gasteiger partial charge on any atom is 0.231 e. The van der Waals surface area contributed by atoms with E-state index in [1.165, 1.54) is 5.56 Å². The predicted molar refractivity (Wildman–Crippen MR) is 74.1 cm³/mol. The Bertz CT molecular complexity index is 365. The maximum atomic E-state index is 11.1. The van der Waals surface area contributed by atoms with Gasteiger partial charge in [-0.25, -0.2) is 0 Å². The summed E-state index contributed by atoms with van der Waals surface area (Å²) in [5.74, 6) is -0.0690. The molecule has 0 aliphatic carbocycles. The molecule has 0 saturated carbocycles. The Morgan fingerprint density at radius 3 is 2.33 bits per heavy atom. The smallest absolute Gasteiger partial charge is 0.231 e. The predicted octanol–water partition coefficient (Wildman–Crippen LogP) is 0.925. The van der Waals surface area contributed by atoms with Gasteiger partial charge in [0.1, 0.15) is 0 Å². The Balaban J connectivity index is 2.74. The molecule has 1 atom stereocenters. The molecule has 4 heteroatoms. The molecule has 0 fully saturated rings. The summed E-state index contributed by atoms with van der Waals surface area (Å²) in [6.07, 6.45) is 0. The summed E-state index contributed by atoms with van der Waals surface area (Å²) >= 11 is 0. The van der Waals surface area contributed by atoms with Crippen molar-refractivity contribution in [2.75, 3.05) is 19.6 Å². The van der Waals surface area contributed by atoms with Crippen molar-refractivity contribution in [2.45, 2.75) is 25.8 Å². The zero-order valence-corrected chi connectivity index (χ0v) is 11.2. The summed E-state index contributed by atoms with van der Waals surface area (Å²) in [4.78, 5) is 13.1. The lowest BCUT2D eigenvalue weighted by molar-refractivity contribution is -0.119. The maximum absolute atomic E-state index is 11.1. The van der Waals surface area contributed by atoms with E-state index in [-0.39, 0.29) is 24.4 Å². The van der Waals surface area contributed by atoms with Crippen molar-refractivity contribution in [3.63, 3.8) is 0 Å². The molecule has 1 unspecified atom stereocenters. The number of amides is 1. The van der Waals surface area contributed by atoms with Crippen LogP contribution in [0.15, 0.2) is 30.3 Å². The average molecular weight is 249 g/mol. The van der Waals surface area contributed by atoms with Crippen LogP contribution in [-0.4, -0.2) is 36.5 Å². The second-order valence-electron chi connectivity index (χ2n) is 4.83.